The molecule has 1 aliphatic carbocycles. The number of methoxy groups -OCH3 is 1. The topological polar surface area (TPSA) is 86.1 Å². The summed E-state index contributed by atoms with van der Waals surface area (Å²) in [5.41, 5.74) is 0.711. The molecule has 0 aromatic carbocycles. The maximum absolute atomic E-state index is 13.5. The second kappa shape index (κ2) is 8.44. The van der Waals surface area contributed by atoms with Gasteiger partial charge >= 0.3 is 12.1 Å². The summed E-state index contributed by atoms with van der Waals surface area (Å²) in [7, 11) is 1.29. The molecule has 0 spiro atoms. The Kier molecular flexibility index (Phi) is 5.94. The molecule has 3 heterocycles. The summed E-state index contributed by atoms with van der Waals surface area (Å²) in [6.07, 6.45) is -2.10. The lowest BCUT2D eigenvalue weighted by atomic mass is 9.88. The third-order valence-electron chi connectivity index (χ3n) is 5.76. The first-order valence-electron chi connectivity index (χ1n) is 10.4. The summed E-state index contributed by atoms with van der Waals surface area (Å²) < 4.78 is 46.7. The van der Waals surface area contributed by atoms with Gasteiger partial charge in [-0.05, 0) is 50.7 Å². The van der Waals surface area contributed by atoms with Crippen molar-refractivity contribution in [1.29, 1.82) is 0 Å². The Morgan fingerprint density at radius 2 is 2.06 bits per heavy atom. The van der Waals surface area contributed by atoms with Crippen LogP contribution in [0.4, 0.5) is 18.2 Å². The van der Waals surface area contributed by atoms with E-state index in [1.54, 1.807) is 0 Å². The predicted octanol–water partition coefficient (Wildman–Crippen LogP) is 4.68. The molecule has 33 heavy (non-hydrogen) atoms. The van der Waals surface area contributed by atoms with Crippen LogP contribution in [0.1, 0.15) is 51.1 Å². The lowest BCUT2D eigenvalue weighted by molar-refractivity contribution is -0.136. The van der Waals surface area contributed by atoms with E-state index < -0.39 is 23.6 Å². The van der Waals surface area contributed by atoms with Gasteiger partial charge in [-0.3, -0.25) is 4.79 Å². The van der Waals surface area contributed by atoms with E-state index in [1.165, 1.54) is 32.3 Å². The van der Waals surface area contributed by atoms with E-state index in [0.717, 1.165) is 40.5 Å². The summed E-state index contributed by atoms with van der Waals surface area (Å²) in [6.45, 7) is 4.69. The van der Waals surface area contributed by atoms with Crippen LogP contribution in [0.25, 0.3) is 11.0 Å². The maximum Gasteiger partial charge on any atom is 0.417 e. The number of amides is 1. The van der Waals surface area contributed by atoms with Crippen molar-refractivity contribution in [3.05, 3.63) is 39.0 Å². The number of esters is 1. The van der Waals surface area contributed by atoms with Gasteiger partial charge in [0.15, 0.2) is 5.65 Å². The number of aromatic nitrogens is 3. The molecule has 0 radical (unpaired) electrons. The Bertz CT molecular complexity index is 1260. The van der Waals surface area contributed by atoms with E-state index in [9.17, 15) is 22.8 Å². The van der Waals surface area contributed by atoms with Crippen molar-refractivity contribution in [3.63, 3.8) is 0 Å². The van der Waals surface area contributed by atoms with E-state index in [4.69, 9.17) is 4.74 Å². The highest BCUT2D eigenvalue weighted by Crippen LogP contribution is 2.40. The Morgan fingerprint density at radius 3 is 2.73 bits per heavy atom. The van der Waals surface area contributed by atoms with Gasteiger partial charge in [0.2, 0.25) is 5.91 Å². The van der Waals surface area contributed by atoms with Crippen molar-refractivity contribution in [1.82, 2.24) is 14.8 Å². The van der Waals surface area contributed by atoms with Crippen molar-refractivity contribution in [2.45, 2.75) is 52.8 Å². The SMILES string of the molecule is COC(=O)c1c(NC(=O)Cn2nc(C)c3c(C(F)(F)F)cc(C)nc32)sc2c1CC[C@@H](C)C2. The van der Waals surface area contributed by atoms with Crippen LogP contribution in [0, 0.1) is 19.8 Å². The van der Waals surface area contributed by atoms with Gasteiger partial charge < -0.3 is 10.1 Å². The number of carbonyl (C=O) groups excluding carboxylic acids is 2. The van der Waals surface area contributed by atoms with E-state index in [-0.39, 0.29) is 29.0 Å². The number of alkyl halides is 3. The minimum Gasteiger partial charge on any atom is -0.465 e. The minimum atomic E-state index is -4.57. The number of aryl methyl sites for hydroxylation is 2. The highest BCUT2D eigenvalue weighted by atomic mass is 32.1. The summed E-state index contributed by atoms with van der Waals surface area (Å²) in [5, 5.41) is 7.15. The van der Waals surface area contributed by atoms with Crippen molar-refractivity contribution in [3.8, 4) is 0 Å². The highest BCUT2D eigenvalue weighted by molar-refractivity contribution is 7.17. The fraction of sp³-hybridized carbons (Fsp3) is 0.455. The molecule has 1 aliphatic rings. The number of nitrogens with one attached hydrogen (secondary N) is 1. The Morgan fingerprint density at radius 1 is 1.33 bits per heavy atom. The highest BCUT2D eigenvalue weighted by Gasteiger charge is 2.35. The van der Waals surface area contributed by atoms with Gasteiger partial charge in [0.25, 0.3) is 0 Å². The summed E-state index contributed by atoms with van der Waals surface area (Å²) in [6, 6.07) is 0.973. The summed E-state index contributed by atoms with van der Waals surface area (Å²) >= 11 is 1.34. The zero-order chi connectivity index (χ0) is 24.1. The van der Waals surface area contributed by atoms with Crippen molar-refractivity contribution in [2.75, 3.05) is 12.4 Å². The first-order chi connectivity index (χ1) is 15.5. The van der Waals surface area contributed by atoms with E-state index in [0.29, 0.717) is 16.5 Å². The molecule has 7 nitrogen and oxygen atoms in total. The zero-order valence-electron chi connectivity index (χ0n) is 18.6. The second-order valence-corrected chi connectivity index (χ2v) is 9.45. The van der Waals surface area contributed by atoms with E-state index in [2.05, 4.69) is 22.3 Å². The van der Waals surface area contributed by atoms with Gasteiger partial charge in [-0.15, -0.1) is 11.3 Å². The monoisotopic (exact) mass is 480 g/mol. The predicted molar refractivity (Wildman–Crippen MR) is 117 cm³/mol. The van der Waals surface area contributed by atoms with Gasteiger partial charge in [-0.2, -0.15) is 18.3 Å². The average Bonchev–Trinajstić information content (AvgIpc) is 3.22. The molecule has 0 aliphatic heterocycles. The standard InChI is InChI=1S/C22H23F3N4O3S/c1-10-5-6-13-15(7-10)33-20(18(13)21(31)32-4)27-16(30)9-29-19-17(12(3)28-29)14(22(23,24)25)8-11(2)26-19/h8,10H,5-7,9H2,1-4H3,(H,27,30)/t10-/m1/s1. The third-order valence-corrected chi connectivity index (χ3v) is 6.93. The number of hydrogen-bond acceptors (Lipinski definition) is 6. The fourth-order valence-electron chi connectivity index (χ4n) is 4.27. The number of pyridine rings is 1. The molecular formula is C22H23F3N4O3S. The van der Waals surface area contributed by atoms with E-state index >= 15 is 0 Å². The fourth-order valence-corrected chi connectivity index (χ4v) is 5.69. The smallest absolute Gasteiger partial charge is 0.417 e. The number of ether oxygens (including phenoxy) is 1. The Balaban J connectivity index is 1.67. The van der Waals surface area contributed by atoms with Gasteiger partial charge in [-0.1, -0.05) is 6.92 Å². The van der Waals surface area contributed by atoms with Crippen molar-refractivity contribution >= 4 is 39.2 Å². The number of fused-ring (bicyclic) bond motifs is 2. The zero-order valence-corrected chi connectivity index (χ0v) is 19.4. The molecule has 11 heteroatoms. The van der Waals surface area contributed by atoms with Crippen LogP contribution in [0.15, 0.2) is 6.07 Å². The van der Waals surface area contributed by atoms with Gasteiger partial charge in [0.05, 0.1) is 29.3 Å². The Hall–Kier alpha value is -2.95. The number of nitrogens with zero attached hydrogens (tertiary/aromatic N) is 3. The summed E-state index contributed by atoms with van der Waals surface area (Å²) in [5.74, 6) is -0.571. The molecule has 3 aromatic heterocycles. The van der Waals surface area contributed by atoms with Crippen molar-refractivity contribution in [2.24, 2.45) is 5.92 Å². The molecule has 1 atom stereocenters. The number of carbonyl (C=O) groups is 2. The quantitative estimate of drug-likeness (QED) is 0.548. The van der Waals surface area contributed by atoms with Gasteiger partial charge in [0.1, 0.15) is 11.5 Å². The number of anilines is 1. The normalized spacial score (nSPS) is 16.0. The molecule has 4 rings (SSSR count). The molecule has 0 saturated carbocycles. The van der Waals surface area contributed by atoms with Crippen molar-refractivity contribution < 1.29 is 27.5 Å². The molecule has 176 valence electrons. The number of hydrogen-bond donors (Lipinski definition) is 1. The number of halogens is 3. The van der Waals surface area contributed by atoms with Crippen LogP contribution in [-0.4, -0.2) is 33.8 Å². The van der Waals surface area contributed by atoms with Gasteiger partial charge in [0, 0.05) is 10.6 Å². The number of thiophene rings is 1. The first kappa shape index (κ1) is 23.2. The first-order valence-corrected chi connectivity index (χ1v) is 11.3. The molecule has 0 saturated heterocycles. The largest absolute Gasteiger partial charge is 0.465 e. The molecule has 1 amide bonds. The molecule has 0 unspecified atom stereocenters. The van der Waals surface area contributed by atoms with Crippen LogP contribution < -0.4 is 5.32 Å². The second-order valence-electron chi connectivity index (χ2n) is 8.35. The molecule has 3 aromatic rings. The summed E-state index contributed by atoms with van der Waals surface area (Å²) in [4.78, 5) is 30.5. The Labute approximate surface area is 191 Å². The molecule has 0 fully saturated rings. The maximum atomic E-state index is 13.5. The third kappa shape index (κ3) is 4.33. The average molecular weight is 481 g/mol. The lowest BCUT2D eigenvalue weighted by Crippen LogP contribution is -2.21. The van der Waals surface area contributed by atoms with Crippen LogP contribution in [0.5, 0.6) is 0 Å². The van der Waals surface area contributed by atoms with Crippen LogP contribution in [0.3, 0.4) is 0 Å². The number of rotatable bonds is 4. The molecule has 1 N–H and O–H groups in total. The van der Waals surface area contributed by atoms with Crippen LogP contribution in [-0.2, 0) is 35.1 Å². The van der Waals surface area contributed by atoms with Crippen LogP contribution >= 0.6 is 11.3 Å². The molecular weight excluding hydrogens is 457 g/mol. The van der Waals surface area contributed by atoms with E-state index in [1.807, 2.05) is 0 Å². The minimum absolute atomic E-state index is 0.0116. The molecule has 0 bridgehead atoms. The lowest BCUT2D eigenvalue weighted by Gasteiger charge is -2.18. The van der Waals surface area contributed by atoms with Crippen LogP contribution in [0.2, 0.25) is 0 Å². The van der Waals surface area contributed by atoms with Gasteiger partial charge in [-0.25, -0.2) is 14.5 Å².